The second kappa shape index (κ2) is 2.90. The van der Waals surface area contributed by atoms with Crippen molar-refractivity contribution in [2.24, 2.45) is 0 Å². The van der Waals surface area contributed by atoms with Gasteiger partial charge in [0, 0.05) is 16.8 Å². The topological polar surface area (TPSA) is 30.2 Å². The molecule has 0 aliphatic carbocycles. The standard InChI is InChI=1S/C11H8O2/c1-8-9-4-2-3-5-10(9)11(13-8)6-7-12/h2-7H,1H2/b11-6+. The van der Waals surface area contributed by atoms with Crippen LogP contribution in [0.4, 0.5) is 0 Å². The third-order valence-electron chi connectivity index (χ3n) is 1.95. The zero-order valence-electron chi connectivity index (χ0n) is 6.99. The fourth-order valence-corrected chi connectivity index (χ4v) is 1.37. The first-order valence-electron chi connectivity index (χ1n) is 3.95. The van der Waals surface area contributed by atoms with Gasteiger partial charge in [0.05, 0.1) is 0 Å². The minimum atomic E-state index is 0.579. The predicted molar refractivity (Wildman–Crippen MR) is 51.5 cm³/mol. The van der Waals surface area contributed by atoms with Gasteiger partial charge in [-0.15, -0.1) is 0 Å². The second-order valence-electron chi connectivity index (χ2n) is 2.74. The van der Waals surface area contributed by atoms with Crippen LogP contribution in [-0.4, -0.2) is 6.29 Å². The van der Waals surface area contributed by atoms with Crippen LogP contribution in [-0.2, 0) is 4.79 Å². The highest BCUT2D eigenvalue weighted by Crippen LogP contribution is 2.03. The van der Waals surface area contributed by atoms with Crippen LogP contribution >= 0.6 is 0 Å². The summed E-state index contributed by atoms with van der Waals surface area (Å²) < 4.78 is 5.31. The number of carbonyl (C=O) groups is 1. The van der Waals surface area contributed by atoms with Gasteiger partial charge in [0.15, 0.2) is 0 Å². The van der Waals surface area contributed by atoms with E-state index in [1.54, 1.807) is 0 Å². The largest absolute Gasteiger partial charge is 0.457 e. The maximum atomic E-state index is 10.3. The molecule has 1 heterocycles. The SMILES string of the molecule is C=c1o/c(=C/C=O)c2ccccc12. The summed E-state index contributed by atoms with van der Waals surface area (Å²) in [6.07, 6.45) is 2.11. The van der Waals surface area contributed by atoms with Crippen molar-refractivity contribution in [3.05, 3.63) is 35.1 Å². The number of rotatable bonds is 1. The lowest BCUT2D eigenvalue weighted by molar-refractivity contribution is -0.103. The Labute approximate surface area is 74.8 Å². The first-order valence-corrected chi connectivity index (χ1v) is 3.95. The third kappa shape index (κ3) is 1.16. The summed E-state index contributed by atoms with van der Waals surface area (Å²) in [7, 11) is 0. The molecule has 2 heteroatoms. The van der Waals surface area contributed by atoms with Crippen molar-refractivity contribution in [3.8, 4) is 0 Å². The fourth-order valence-electron chi connectivity index (χ4n) is 1.37. The van der Waals surface area contributed by atoms with Gasteiger partial charge in [0.25, 0.3) is 0 Å². The van der Waals surface area contributed by atoms with Crippen molar-refractivity contribution < 1.29 is 9.21 Å². The predicted octanol–water partition coefficient (Wildman–Crippen LogP) is 0.823. The number of hydrogen-bond donors (Lipinski definition) is 0. The average Bonchev–Trinajstić information content (AvgIpc) is 2.46. The Morgan fingerprint density at radius 3 is 2.62 bits per heavy atom. The lowest BCUT2D eigenvalue weighted by atomic mass is 10.2. The number of fused-ring (bicyclic) bond motifs is 1. The Morgan fingerprint density at radius 1 is 1.23 bits per heavy atom. The number of aldehydes is 1. The highest BCUT2D eigenvalue weighted by molar-refractivity contribution is 5.91. The van der Waals surface area contributed by atoms with Gasteiger partial charge in [-0.3, -0.25) is 4.79 Å². The van der Waals surface area contributed by atoms with E-state index in [-0.39, 0.29) is 0 Å². The molecule has 0 saturated heterocycles. The molecule has 1 aromatic heterocycles. The van der Waals surface area contributed by atoms with E-state index in [0.29, 0.717) is 17.1 Å². The highest BCUT2D eigenvalue weighted by Gasteiger charge is 1.98. The molecule has 0 N–H and O–H groups in total. The number of hydrogen-bond acceptors (Lipinski definition) is 2. The van der Waals surface area contributed by atoms with E-state index in [0.717, 1.165) is 10.8 Å². The Kier molecular flexibility index (Phi) is 1.74. The second-order valence-corrected chi connectivity index (χ2v) is 2.74. The maximum Gasteiger partial charge on any atom is 0.146 e. The zero-order valence-corrected chi connectivity index (χ0v) is 6.99. The summed E-state index contributed by atoms with van der Waals surface area (Å²) in [5, 5.41) is 1.88. The molecule has 0 aliphatic heterocycles. The van der Waals surface area contributed by atoms with Gasteiger partial charge in [0.1, 0.15) is 17.1 Å². The normalized spacial score (nSPS) is 12.2. The number of benzene rings is 1. The molecule has 0 amide bonds. The van der Waals surface area contributed by atoms with Gasteiger partial charge in [0.2, 0.25) is 0 Å². The van der Waals surface area contributed by atoms with Crippen LogP contribution in [0.25, 0.3) is 23.4 Å². The van der Waals surface area contributed by atoms with Crippen molar-refractivity contribution >= 4 is 29.7 Å². The van der Waals surface area contributed by atoms with Crippen molar-refractivity contribution in [2.75, 3.05) is 0 Å². The van der Waals surface area contributed by atoms with Crippen LogP contribution in [0.2, 0.25) is 0 Å². The molecule has 2 rings (SSSR count). The molecule has 0 unspecified atom stereocenters. The molecule has 1 aromatic carbocycles. The molecule has 2 aromatic rings. The summed E-state index contributed by atoms with van der Waals surface area (Å²) in [5.41, 5.74) is 1.18. The molecular formula is C11H8O2. The van der Waals surface area contributed by atoms with Crippen LogP contribution in [0, 0.1) is 0 Å². The Bertz CT molecular complexity index is 549. The van der Waals surface area contributed by atoms with Crippen LogP contribution in [0.5, 0.6) is 0 Å². The average molecular weight is 172 g/mol. The first-order chi connectivity index (χ1) is 6.33. The van der Waals surface area contributed by atoms with Gasteiger partial charge in [-0.25, -0.2) is 0 Å². The molecule has 13 heavy (non-hydrogen) atoms. The van der Waals surface area contributed by atoms with Crippen LogP contribution in [0.15, 0.2) is 28.7 Å². The Morgan fingerprint density at radius 2 is 1.92 bits per heavy atom. The molecule has 0 spiro atoms. The zero-order chi connectivity index (χ0) is 9.26. The van der Waals surface area contributed by atoms with E-state index in [1.165, 1.54) is 6.08 Å². The first kappa shape index (κ1) is 7.80. The lowest BCUT2D eigenvalue weighted by Gasteiger charge is -1.82. The lowest BCUT2D eigenvalue weighted by Crippen LogP contribution is -1.97. The number of carbonyl (C=O) groups excluding carboxylic acids is 1. The van der Waals surface area contributed by atoms with E-state index < -0.39 is 0 Å². The molecule has 0 bridgehead atoms. The molecule has 0 aliphatic rings. The smallest absolute Gasteiger partial charge is 0.146 e. The highest BCUT2D eigenvalue weighted by atomic mass is 16.3. The Hall–Kier alpha value is -1.83. The molecular weight excluding hydrogens is 164 g/mol. The van der Waals surface area contributed by atoms with Crippen molar-refractivity contribution in [3.63, 3.8) is 0 Å². The number of furan rings is 1. The van der Waals surface area contributed by atoms with Crippen molar-refractivity contribution in [2.45, 2.75) is 0 Å². The van der Waals surface area contributed by atoms with Gasteiger partial charge >= 0.3 is 0 Å². The molecule has 0 radical (unpaired) electrons. The summed E-state index contributed by atoms with van der Waals surface area (Å²) in [5.74, 6) is 0. The van der Waals surface area contributed by atoms with Gasteiger partial charge in [-0.1, -0.05) is 30.8 Å². The minimum absolute atomic E-state index is 0.579. The van der Waals surface area contributed by atoms with Crippen LogP contribution in [0.3, 0.4) is 0 Å². The third-order valence-corrected chi connectivity index (χ3v) is 1.95. The van der Waals surface area contributed by atoms with E-state index in [2.05, 4.69) is 6.58 Å². The summed E-state index contributed by atoms with van der Waals surface area (Å²) >= 11 is 0. The van der Waals surface area contributed by atoms with Gasteiger partial charge in [-0.05, 0) is 0 Å². The summed E-state index contributed by atoms with van der Waals surface area (Å²) in [6, 6.07) is 7.64. The van der Waals surface area contributed by atoms with Gasteiger partial charge < -0.3 is 4.42 Å². The van der Waals surface area contributed by atoms with E-state index in [1.807, 2.05) is 24.3 Å². The Balaban J connectivity index is 3.02. The molecule has 64 valence electrons. The molecule has 0 atom stereocenters. The van der Waals surface area contributed by atoms with Crippen molar-refractivity contribution in [1.29, 1.82) is 0 Å². The van der Waals surface area contributed by atoms with Crippen LogP contribution in [0.1, 0.15) is 0 Å². The summed E-state index contributed by atoms with van der Waals surface area (Å²) in [6.45, 7) is 3.75. The molecule has 0 saturated carbocycles. The van der Waals surface area contributed by atoms with Gasteiger partial charge in [-0.2, -0.15) is 0 Å². The molecule has 2 nitrogen and oxygen atoms in total. The van der Waals surface area contributed by atoms with Crippen molar-refractivity contribution in [1.82, 2.24) is 0 Å². The maximum absolute atomic E-state index is 10.3. The summed E-state index contributed by atoms with van der Waals surface area (Å²) in [4.78, 5) is 10.3. The molecule has 0 fully saturated rings. The van der Waals surface area contributed by atoms with E-state index in [9.17, 15) is 4.79 Å². The van der Waals surface area contributed by atoms with E-state index in [4.69, 9.17) is 4.42 Å². The van der Waals surface area contributed by atoms with Crippen LogP contribution < -0.4 is 10.8 Å². The monoisotopic (exact) mass is 172 g/mol. The quantitative estimate of drug-likeness (QED) is 0.596. The fraction of sp³-hybridized carbons (Fsp3) is 0. The van der Waals surface area contributed by atoms with E-state index >= 15 is 0 Å². The minimum Gasteiger partial charge on any atom is -0.457 e.